The predicted molar refractivity (Wildman–Crippen MR) is 101 cm³/mol. The molecule has 1 rings (SSSR count). The molecule has 0 spiro atoms. The molecule has 0 bridgehead atoms. The first kappa shape index (κ1) is 21.3. The highest BCUT2D eigenvalue weighted by atomic mass is 127. The summed E-state index contributed by atoms with van der Waals surface area (Å²) in [6.07, 6.45) is 1.91. The Morgan fingerprint density at radius 1 is 1.36 bits per heavy atom. The summed E-state index contributed by atoms with van der Waals surface area (Å²) in [6, 6.07) is 0.656. The van der Waals surface area contributed by atoms with Crippen LogP contribution in [0.3, 0.4) is 0 Å². The molecule has 0 aromatic carbocycles. The minimum absolute atomic E-state index is 0. The number of ether oxygens (including phenoxy) is 1. The first-order chi connectivity index (χ1) is 9.73. The molecule has 1 fully saturated rings. The Balaban J connectivity index is 0.00000441. The molecule has 0 heterocycles. The van der Waals surface area contributed by atoms with Gasteiger partial charge in [0.2, 0.25) is 0 Å². The largest absolute Gasteiger partial charge is 0.444 e. The summed E-state index contributed by atoms with van der Waals surface area (Å²) in [4.78, 5) is 18.2. The average molecular weight is 426 g/mol. The number of guanidine groups is 1. The van der Waals surface area contributed by atoms with Crippen LogP contribution < -0.4 is 10.6 Å². The lowest BCUT2D eigenvalue weighted by atomic mass is 10.2. The summed E-state index contributed by atoms with van der Waals surface area (Å²) < 4.78 is 5.46. The third-order valence-electron chi connectivity index (χ3n) is 2.91. The number of aliphatic imine (C=N–C) groups is 1. The van der Waals surface area contributed by atoms with Crippen molar-refractivity contribution in [2.45, 2.75) is 65.1 Å². The molecule has 1 aliphatic rings. The van der Waals surface area contributed by atoms with Gasteiger partial charge in [-0.25, -0.2) is 4.79 Å². The summed E-state index contributed by atoms with van der Waals surface area (Å²) in [6.45, 7) is 11.1. The molecule has 1 saturated carbocycles. The fourth-order valence-corrected chi connectivity index (χ4v) is 1.89. The number of halogens is 1. The van der Waals surface area contributed by atoms with Crippen LogP contribution in [0, 0.1) is 0 Å². The van der Waals surface area contributed by atoms with E-state index in [2.05, 4.69) is 29.5 Å². The quantitative estimate of drug-likeness (QED) is 0.403. The summed E-state index contributed by atoms with van der Waals surface area (Å²) >= 11 is 0. The van der Waals surface area contributed by atoms with E-state index in [0.29, 0.717) is 25.2 Å². The third kappa shape index (κ3) is 8.65. The van der Waals surface area contributed by atoms with Gasteiger partial charge in [0.05, 0.1) is 0 Å². The highest BCUT2D eigenvalue weighted by Crippen LogP contribution is 2.27. The van der Waals surface area contributed by atoms with E-state index in [1.807, 2.05) is 25.7 Å². The summed E-state index contributed by atoms with van der Waals surface area (Å²) in [5.41, 5.74) is -0.452. The highest BCUT2D eigenvalue weighted by molar-refractivity contribution is 14.0. The Morgan fingerprint density at radius 2 is 1.95 bits per heavy atom. The fourth-order valence-electron chi connectivity index (χ4n) is 1.89. The second kappa shape index (κ2) is 9.42. The summed E-state index contributed by atoms with van der Waals surface area (Å²) in [7, 11) is 1.74. The zero-order valence-corrected chi connectivity index (χ0v) is 16.9. The fraction of sp³-hybridized carbons (Fsp3) is 0.867. The van der Waals surface area contributed by atoms with Crippen LogP contribution in [0.2, 0.25) is 0 Å². The normalized spacial score (nSPS) is 15.1. The van der Waals surface area contributed by atoms with Crippen molar-refractivity contribution in [2.24, 2.45) is 4.99 Å². The Bertz CT molecular complexity index is 376. The number of hydrogen-bond acceptors (Lipinski definition) is 3. The standard InChI is InChI=1S/C15H30N4O2.HI/c1-11(2)18-13(16-6)17-9-10-19(12-7-8-12)14(20)21-15(3,4)5;/h11-12H,7-10H2,1-6H3,(H2,16,17,18);1H. The van der Waals surface area contributed by atoms with E-state index in [1.165, 1.54) is 0 Å². The zero-order chi connectivity index (χ0) is 16.0. The van der Waals surface area contributed by atoms with Crippen molar-refractivity contribution in [1.29, 1.82) is 0 Å². The Morgan fingerprint density at radius 3 is 2.36 bits per heavy atom. The van der Waals surface area contributed by atoms with Gasteiger partial charge < -0.3 is 20.3 Å². The maximum atomic E-state index is 12.2. The van der Waals surface area contributed by atoms with Gasteiger partial charge in [-0.3, -0.25) is 4.99 Å². The number of nitrogens with zero attached hydrogens (tertiary/aromatic N) is 2. The topological polar surface area (TPSA) is 66.0 Å². The SMILES string of the molecule is CN=C(NCCN(C(=O)OC(C)(C)C)C1CC1)NC(C)C.I. The second-order valence-electron chi connectivity index (χ2n) is 6.70. The molecule has 0 aromatic heterocycles. The van der Waals surface area contributed by atoms with Gasteiger partial charge >= 0.3 is 6.09 Å². The van der Waals surface area contributed by atoms with Crippen LogP contribution in [0.25, 0.3) is 0 Å². The van der Waals surface area contributed by atoms with Crippen LogP contribution in [0.4, 0.5) is 4.79 Å². The van der Waals surface area contributed by atoms with E-state index in [0.717, 1.165) is 18.8 Å². The van der Waals surface area contributed by atoms with Crippen LogP contribution in [-0.4, -0.2) is 54.8 Å². The lowest BCUT2D eigenvalue weighted by Crippen LogP contribution is -2.46. The van der Waals surface area contributed by atoms with E-state index < -0.39 is 5.60 Å². The molecule has 0 aromatic rings. The van der Waals surface area contributed by atoms with Gasteiger partial charge in [0.1, 0.15) is 5.60 Å². The van der Waals surface area contributed by atoms with Gasteiger partial charge in [-0.2, -0.15) is 0 Å². The minimum atomic E-state index is -0.452. The van der Waals surface area contributed by atoms with E-state index in [-0.39, 0.29) is 30.1 Å². The van der Waals surface area contributed by atoms with Crippen LogP contribution in [0.15, 0.2) is 4.99 Å². The van der Waals surface area contributed by atoms with Crippen LogP contribution in [0.1, 0.15) is 47.5 Å². The smallest absolute Gasteiger partial charge is 0.410 e. The molecule has 6 nitrogen and oxygen atoms in total. The van der Waals surface area contributed by atoms with Gasteiger partial charge in [-0.15, -0.1) is 24.0 Å². The second-order valence-corrected chi connectivity index (χ2v) is 6.70. The van der Waals surface area contributed by atoms with Gasteiger partial charge in [-0.1, -0.05) is 0 Å². The summed E-state index contributed by atoms with van der Waals surface area (Å²) in [5, 5.41) is 6.44. The molecule has 0 aliphatic heterocycles. The third-order valence-corrected chi connectivity index (χ3v) is 2.91. The number of hydrogen-bond donors (Lipinski definition) is 2. The lowest BCUT2D eigenvalue weighted by molar-refractivity contribution is 0.0238. The average Bonchev–Trinajstić information content (AvgIpc) is 3.14. The number of amides is 1. The van der Waals surface area contributed by atoms with Crippen LogP contribution in [-0.2, 0) is 4.74 Å². The Labute approximate surface area is 151 Å². The molecule has 2 N–H and O–H groups in total. The predicted octanol–water partition coefficient (Wildman–Crippen LogP) is 2.58. The zero-order valence-electron chi connectivity index (χ0n) is 14.6. The van der Waals surface area contributed by atoms with E-state index in [9.17, 15) is 4.79 Å². The van der Waals surface area contributed by atoms with Gasteiger partial charge in [0.15, 0.2) is 5.96 Å². The molecular formula is C15H31IN4O2. The maximum absolute atomic E-state index is 12.2. The maximum Gasteiger partial charge on any atom is 0.410 e. The van der Waals surface area contributed by atoms with Crippen molar-refractivity contribution in [1.82, 2.24) is 15.5 Å². The molecule has 1 amide bonds. The van der Waals surface area contributed by atoms with Crippen LogP contribution in [0.5, 0.6) is 0 Å². The molecule has 0 atom stereocenters. The molecule has 0 saturated heterocycles. The number of nitrogens with one attached hydrogen (secondary N) is 2. The van der Waals surface area contributed by atoms with Gasteiger partial charge in [-0.05, 0) is 47.5 Å². The van der Waals surface area contributed by atoms with Crippen molar-refractivity contribution in [3.05, 3.63) is 0 Å². The first-order valence-corrected chi connectivity index (χ1v) is 7.69. The number of carbonyl (C=O) groups excluding carboxylic acids is 1. The van der Waals surface area contributed by atoms with Gasteiger partial charge in [0, 0.05) is 32.2 Å². The van der Waals surface area contributed by atoms with Crippen molar-refractivity contribution in [2.75, 3.05) is 20.1 Å². The molecule has 0 unspecified atom stereocenters. The monoisotopic (exact) mass is 426 g/mol. The Kier molecular flexibility index (Phi) is 9.11. The minimum Gasteiger partial charge on any atom is -0.444 e. The molecule has 130 valence electrons. The lowest BCUT2D eigenvalue weighted by Gasteiger charge is -2.27. The molecular weight excluding hydrogens is 395 g/mol. The Hall–Kier alpha value is -0.730. The van der Waals surface area contributed by atoms with E-state index in [4.69, 9.17) is 4.74 Å². The molecule has 0 radical (unpaired) electrons. The molecule has 22 heavy (non-hydrogen) atoms. The van der Waals surface area contributed by atoms with Gasteiger partial charge in [0.25, 0.3) is 0 Å². The van der Waals surface area contributed by atoms with Crippen LogP contribution >= 0.6 is 24.0 Å². The van der Waals surface area contributed by atoms with E-state index >= 15 is 0 Å². The number of carbonyl (C=O) groups is 1. The molecule has 1 aliphatic carbocycles. The van der Waals surface area contributed by atoms with Crippen molar-refractivity contribution in [3.63, 3.8) is 0 Å². The van der Waals surface area contributed by atoms with E-state index in [1.54, 1.807) is 7.05 Å². The summed E-state index contributed by atoms with van der Waals surface area (Å²) in [5.74, 6) is 0.755. The first-order valence-electron chi connectivity index (χ1n) is 7.69. The van der Waals surface area contributed by atoms with Crippen molar-refractivity contribution >= 4 is 36.0 Å². The van der Waals surface area contributed by atoms with Crippen molar-refractivity contribution < 1.29 is 9.53 Å². The number of rotatable bonds is 5. The van der Waals surface area contributed by atoms with Crippen molar-refractivity contribution in [3.8, 4) is 0 Å². The highest BCUT2D eigenvalue weighted by Gasteiger charge is 2.34. The molecule has 7 heteroatoms.